The van der Waals surface area contributed by atoms with Gasteiger partial charge in [0.05, 0.1) is 24.6 Å². The molecular weight excluding hydrogens is 969 g/mol. The van der Waals surface area contributed by atoms with Crippen LogP contribution >= 0.6 is 0 Å². The fourth-order valence-electron chi connectivity index (χ4n) is 9.33. The van der Waals surface area contributed by atoms with E-state index < -0.39 is 29.4 Å². The van der Waals surface area contributed by atoms with Gasteiger partial charge in [-0.15, -0.1) is 0 Å². The number of amides is 3. The lowest BCUT2D eigenvalue weighted by molar-refractivity contribution is -0.129. The van der Waals surface area contributed by atoms with Crippen molar-refractivity contribution in [2.24, 2.45) is 0 Å². The average molecular weight is 1080 g/mol. The van der Waals surface area contributed by atoms with E-state index in [9.17, 15) is 19.2 Å². The molecule has 0 spiro atoms. The third kappa shape index (κ3) is 32.1. The van der Waals surface area contributed by atoms with E-state index in [4.69, 9.17) is 23.7 Å². The quantitative estimate of drug-likeness (QED) is 0.0470. The van der Waals surface area contributed by atoms with Crippen molar-refractivity contribution >= 4 is 34.9 Å². The summed E-state index contributed by atoms with van der Waals surface area (Å²) >= 11 is 0. The molecule has 0 bridgehead atoms. The van der Waals surface area contributed by atoms with E-state index in [2.05, 4.69) is 29.8 Å². The molecule has 13 heteroatoms. The summed E-state index contributed by atoms with van der Waals surface area (Å²) in [4.78, 5) is 54.3. The molecule has 3 aromatic rings. The number of nitrogens with zero attached hydrogens (tertiary/aromatic N) is 1. The lowest BCUT2D eigenvalue weighted by Gasteiger charge is -2.22. The maximum absolute atomic E-state index is 14.2. The van der Waals surface area contributed by atoms with E-state index in [-0.39, 0.29) is 30.9 Å². The molecule has 77 heavy (non-hydrogen) atoms. The van der Waals surface area contributed by atoms with Crippen molar-refractivity contribution in [3.8, 4) is 5.75 Å². The minimum atomic E-state index is -0.882. The molecule has 1 heterocycles. The van der Waals surface area contributed by atoms with Crippen LogP contribution in [0.3, 0.4) is 0 Å². The number of carbonyl (C=O) groups is 4. The Morgan fingerprint density at radius 1 is 0.597 bits per heavy atom. The van der Waals surface area contributed by atoms with Crippen LogP contribution < -0.4 is 20.7 Å². The minimum absolute atomic E-state index is 0.115. The van der Waals surface area contributed by atoms with Crippen LogP contribution in [0.4, 0.5) is 9.59 Å². The largest absolute Gasteiger partial charge is 0.489 e. The predicted octanol–water partition coefficient (Wildman–Crippen LogP) is 15.6. The molecule has 1 unspecified atom stereocenters. The first kappa shape index (κ1) is 66.7. The third-order valence-corrected chi connectivity index (χ3v) is 13.6. The number of hydrogen-bond donors (Lipinski definition) is 3. The highest BCUT2D eigenvalue weighted by atomic mass is 16.6. The first-order chi connectivity index (χ1) is 37.1. The molecule has 0 aliphatic carbocycles. The zero-order chi connectivity index (χ0) is 56.0. The van der Waals surface area contributed by atoms with Gasteiger partial charge in [-0.05, 0) is 103 Å². The second kappa shape index (κ2) is 39.7. The number of aromatic nitrogens is 1. The van der Waals surface area contributed by atoms with E-state index in [1.807, 2.05) is 57.2 Å². The summed E-state index contributed by atoms with van der Waals surface area (Å²) < 4.78 is 31.4. The van der Waals surface area contributed by atoms with Gasteiger partial charge in [0.1, 0.15) is 29.6 Å². The van der Waals surface area contributed by atoms with Crippen LogP contribution in [0.2, 0.25) is 0 Å². The summed E-state index contributed by atoms with van der Waals surface area (Å²) in [6, 6.07) is 14.4. The molecule has 3 amide bonds. The Labute approximate surface area is 466 Å². The topological polar surface area (TPSA) is 155 Å². The molecular formula is C64H106N4O9. The number of ether oxygens (including phenoxy) is 5. The summed E-state index contributed by atoms with van der Waals surface area (Å²) in [6.45, 7) is 17.9. The second-order valence-corrected chi connectivity index (χ2v) is 23.3. The molecule has 1 aromatic heterocycles. The van der Waals surface area contributed by atoms with Gasteiger partial charge in [-0.3, -0.25) is 14.2 Å². The van der Waals surface area contributed by atoms with Crippen molar-refractivity contribution in [2.45, 2.75) is 265 Å². The number of unbranched alkanes of at least 4 members (excludes halogenated alkanes) is 23. The van der Waals surface area contributed by atoms with Crippen LogP contribution in [0, 0.1) is 0 Å². The van der Waals surface area contributed by atoms with Crippen LogP contribution in [-0.2, 0) is 41.6 Å². The highest BCUT2D eigenvalue weighted by molar-refractivity contribution is 5.96. The van der Waals surface area contributed by atoms with E-state index in [0.717, 1.165) is 31.2 Å². The monoisotopic (exact) mass is 1070 g/mol. The molecule has 0 saturated heterocycles. The maximum Gasteiger partial charge on any atom is 0.419 e. The van der Waals surface area contributed by atoms with Crippen LogP contribution in [0.15, 0.2) is 54.7 Å². The zero-order valence-electron chi connectivity index (χ0n) is 49.5. The SMILES string of the molecule is CCCCCCCCCCCCCCOCC(CNC(=O)[C@H](CCCCNC(=O)OC(C)(C)C)NC(=O)Cc1cn(C(=O)OC(C)(C)C)c2ccc(OCc3ccccc3)cc12)OCCCCCCCCCCCCCC. The van der Waals surface area contributed by atoms with E-state index >= 15 is 0 Å². The molecule has 13 nitrogen and oxygen atoms in total. The summed E-state index contributed by atoms with van der Waals surface area (Å²) in [7, 11) is 0. The average Bonchev–Trinajstić information content (AvgIpc) is 3.78. The number of benzene rings is 2. The van der Waals surface area contributed by atoms with Gasteiger partial charge in [-0.1, -0.05) is 185 Å². The van der Waals surface area contributed by atoms with Gasteiger partial charge >= 0.3 is 12.2 Å². The molecule has 0 aliphatic rings. The Morgan fingerprint density at radius 2 is 1.14 bits per heavy atom. The number of nitrogens with one attached hydrogen (secondary N) is 3. The zero-order valence-corrected chi connectivity index (χ0v) is 49.5. The second-order valence-electron chi connectivity index (χ2n) is 23.3. The number of alkyl carbamates (subject to hydrolysis) is 1. The van der Waals surface area contributed by atoms with Gasteiger partial charge in [0.2, 0.25) is 11.8 Å². The van der Waals surface area contributed by atoms with Crippen molar-refractivity contribution in [1.82, 2.24) is 20.5 Å². The number of rotatable bonds is 43. The highest BCUT2D eigenvalue weighted by Crippen LogP contribution is 2.29. The minimum Gasteiger partial charge on any atom is -0.489 e. The number of carbonyl (C=O) groups excluding carboxylic acids is 4. The maximum atomic E-state index is 14.2. The molecule has 0 fully saturated rings. The van der Waals surface area contributed by atoms with Gasteiger partial charge in [0, 0.05) is 37.9 Å². The van der Waals surface area contributed by atoms with Gasteiger partial charge in [-0.2, -0.15) is 0 Å². The Kier molecular flexibility index (Phi) is 34.4. The van der Waals surface area contributed by atoms with Crippen LogP contribution in [0.1, 0.15) is 240 Å². The van der Waals surface area contributed by atoms with Crippen LogP contribution in [-0.4, -0.2) is 84.8 Å². The summed E-state index contributed by atoms with van der Waals surface area (Å²) in [5.41, 5.74) is 0.770. The molecule has 3 rings (SSSR count). The van der Waals surface area contributed by atoms with Gasteiger partial charge in [0.25, 0.3) is 0 Å². The Hall–Kier alpha value is -4.62. The Morgan fingerprint density at radius 3 is 1.70 bits per heavy atom. The third-order valence-electron chi connectivity index (χ3n) is 13.6. The molecule has 0 saturated carbocycles. The highest BCUT2D eigenvalue weighted by Gasteiger charge is 2.26. The summed E-state index contributed by atoms with van der Waals surface area (Å²) in [6.07, 6.45) is 32.0. The van der Waals surface area contributed by atoms with Gasteiger partial charge in [0.15, 0.2) is 0 Å². The van der Waals surface area contributed by atoms with Crippen molar-refractivity contribution < 1.29 is 42.9 Å². The molecule has 3 N–H and O–H groups in total. The fourth-order valence-corrected chi connectivity index (χ4v) is 9.33. The lowest BCUT2D eigenvalue weighted by Crippen LogP contribution is -2.49. The molecule has 2 aromatic carbocycles. The number of fused-ring (bicyclic) bond motifs is 1. The van der Waals surface area contributed by atoms with E-state index in [1.165, 1.54) is 133 Å². The van der Waals surface area contributed by atoms with Crippen molar-refractivity contribution in [3.05, 3.63) is 65.9 Å². The fraction of sp³-hybridized carbons (Fsp3) is 0.719. The van der Waals surface area contributed by atoms with Gasteiger partial charge < -0.3 is 39.6 Å². The molecule has 0 aliphatic heterocycles. The molecule has 0 radical (unpaired) electrons. The van der Waals surface area contributed by atoms with Crippen molar-refractivity contribution in [1.29, 1.82) is 0 Å². The standard InChI is InChI=1S/C64H106N4O9/c1-9-11-13-15-17-19-21-23-25-27-29-36-44-73-51-55(74-45-37-30-28-26-24-22-20-18-16-14-12-10-2)48-66-60(70)57(40-34-35-43-65-61(71)76-63(3,4)5)67-59(69)46-53-49-68(62(72)77-64(6,7)8)58-42-41-54(47-56(53)58)75-50-52-38-32-31-33-39-52/h31-33,38-39,41-42,47,49,55,57H,9-30,34-37,40,43-46,48,50-51H2,1-8H3,(H,65,71)(H,66,70)(H,67,69)/t55?,57-/m0/s1. The smallest absolute Gasteiger partial charge is 0.419 e. The Balaban J connectivity index is 1.68. The van der Waals surface area contributed by atoms with Gasteiger partial charge in [-0.25, -0.2) is 9.59 Å². The first-order valence-electron chi connectivity index (χ1n) is 30.4. The van der Waals surface area contributed by atoms with Crippen molar-refractivity contribution in [3.63, 3.8) is 0 Å². The van der Waals surface area contributed by atoms with Crippen LogP contribution in [0.5, 0.6) is 5.75 Å². The first-order valence-corrected chi connectivity index (χ1v) is 30.4. The van der Waals surface area contributed by atoms with E-state index in [1.54, 1.807) is 39.1 Å². The molecule has 2 atom stereocenters. The summed E-state index contributed by atoms with van der Waals surface area (Å²) in [5, 5.41) is 9.58. The molecule has 436 valence electrons. The van der Waals surface area contributed by atoms with E-state index in [0.29, 0.717) is 74.5 Å². The predicted molar refractivity (Wildman–Crippen MR) is 314 cm³/mol. The normalized spacial score (nSPS) is 12.6. The van der Waals surface area contributed by atoms with Crippen LogP contribution in [0.25, 0.3) is 10.9 Å². The number of hydrogen-bond acceptors (Lipinski definition) is 9. The lowest BCUT2D eigenvalue weighted by atomic mass is 10.1. The Bertz CT molecular complexity index is 2040. The van der Waals surface area contributed by atoms with Crippen molar-refractivity contribution in [2.75, 3.05) is 32.9 Å². The summed E-state index contributed by atoms with van der Waals surface area (Å²) in [5.74, 6) is -0.136.